The topological polar surface area (TPSA) is 38.5 Å². The molecule has 0 aliphatic rings. The molecule has 4 nitrogen and oxygen atoms in total. The minimum atomic E-state index is -0.458. The van der Waals surface area contributed by atoms with E-state index in [1.165, 1.54) is 6.07 Å². The summed E-state index contributed by atoms with van der Waals surface area (Å²) in [6, 6.07) is 2.95. The van der Waals surface area contributed by atoms with Crippen LogP contribution in [0.4, 0.5) is 4.39 Å². The quantitative estimate of drug-likeness (QED) is 0.735. The van der Waals surface area contributed by atoms with Gasteiger partial charge in [0.05, 0.1) is 28.8 Å². The summed E-state index contributed by atoms with van der Waals surface area (Å²) in [6.45, 7) is 2.56. The Hall–Kier alpha value is -1.66. The number of benzene rings is 1. The molecule has 0 bridgehead atoms. The molecular formula is C13H12ClFN4S. The number of rotatable bonds is 2. The average Bonchev–Trinajstić information content (AvgIpc) is 2.86. The molecule has 7 heteroatoms. The summed E-state index contributed by atoms with van der Waals surface area (Å²) in [4.78, 5) is 2.99. The molecule has 0 unspecified atom stereocenters. The molecule has 0 saturated heterocycles. The second kappa shape index (κ2) is 4.71. The first-order valence-corrected chi connectivity index (χ1v) is 6.81. The van der Waals surface area contributed by atoms with Gasteiger partial charge in [0.15, 0.2) is 4.77 Å². The third kappa shape index (κ3) is 2.05. The van der Waals surface area contributed by atoms with Gasteiger partial charge in [-0.2, -0.15) is 5.10 Å². The van der Waals surface area contributed by atoms with E-state index in [0.717, 1.165) is 16.8 Å². The lowest BCUT2D eigenvalue weighted by molar-refractivity contribution is 0.629. The van der Waals surface area contributed by atoms with Crippen LogP contribution in [0.2, 0.25) is 5.02 Å². The molecule has 2 aromatic heterocycles. The predicted octanol–water partition coefficient (Wildman–Crippen LogP) is 3.58. The second-order valence-corrected chi connectivity index (χ2v) is 5.47. The molecule has 0 spiro atoms. The number of aromatic nitrogens is 4. The van der Waals surface area contributed by atoms with Crippen molar-refractivity contribution in [2.45, 2.75) is 13.5 Å². The molecular weight excluding hydrogens is 299 g/mol. The van der Waals surface area contributed by atoms with Crippen molar-refractivity contribution in [3.05, 3.63) is 45.2 Å². The van der Waals surface area contributed by atoms with Crippen LogP contribution in [0.5, 0.6) is 0 Å². The largest absolute Gasteiger partial charge is 0.330 e. The van der Waals surface area contributed by atoms with Gasteiger partial charge in [0.1, 0.15) is 5.82 Å². The van der Waals surface area contributed by atoms with E-state index in [-0.39, 0.29) is 5.02 Å². The number of aryl methyl sites for hydroxylation is 1. The van der Waals surface area contributed by atoms with Crippen LogP contribution in [0.1, 0.15) is 11.3 Å². The van der Waals surface area contributed by atoms with Crippen LogP contribution in [-0.2, 0) is 13.6 Å². The van der Waals surface area contributed by atoms with E-state index in [0.29, 0.717) is 16.8 Å². The van der Waals surface area contributed by atoms with Gasteiger partial charge in [0.25, 0.3) is 0 Å². The first-order valence-electron chi connectivity index (χ1n) is 6.02. The van der Waals surface area contributed by atoms with Gasteiger partial charge in [0.2, 0.25) is 0 Å². The molecule has 1 N–H and O–H groups in total. The third-order valence-corrected chi connectivity index (χ3v) is 4.09. The number of H-pyrrole nitrogens is 1. The molecule has 0 aliphatic heterocycles. The van der Waals surface area contributed by atoms with Gasteiger partial charge in [-0.05, 0) is 25.2 Å². The van der Waals surface area contributed by atoms with E-state index >= 15 is 0 Å². The van der Waals surface area contributed by atoms with E-state index in [4.69, 9.17) is 23.8 Å². The summed E-state index contributed by atoms with van der Waals surface area (Å²) in [5, 5.41) is 4.30. The van der Waals surface area contributed by atoms with Gasteiger partial charge in [-0.1, -0.05) is 11.6 Å². The van der Waals surface area contributed by atoms with E-state index in [2.05, 4.69) is 10.1 Å². The van der Waals surface area contributed by atoms with E-state index in [1.54, 1.807) is 16.9 Å². The SMILES string of the molecule is Cc1c(Cn2c(=S)[nH]c3cc(F)c(Cl)cc32)cnn1C. The molecule has 0 atom stereocenters. The van der Waals surface area contributed by atoms with E-state index in [1.807, 2.05) is 18.5 Å². The van der Waals surface area contributed by atoms with Gasteiger partial charge in [-0.25, -0.2) is 4.39 Å². The maximum absolute atomic E-state index is 13.5. The van der Waals surface area contributed by atoms with Crippen LogP contribution >= 0.6 is 23.8 Å². The van der Waals surface area contributed by atoms with Gasteiger partial charge in [-0.15, -0.1) is 0 Å². The Morgan fingerprint density at radius 1 is 1.45 bits per heavy atom. The van der Waals surface area contributed by atoms with Gasteiger partial charge < -0.3 is 9.55 Å². The minimum absolute atomic E-state index is 0.0863. The number of aromatic amines is 1. The number of hydrogen-bond donors (Lipinski definition) is 1. The molecule has 0 amide bonds. The van der Waals surface area contributed by atoms with Crippen molar-refractivity contribution >= 4 is 34.9 Å². The second-order valence-electron chi connectivity index (χ2n) is 4.68. The smallest absolute Gasteiger partial charge is 0.178 e. The zero-order chi connectivity index (χ0) is 14.4. The average molecular weight is 311 g/mol. The van der Waals surface area contributed by atoms with Crippen LogP contribution in [-0.4, -0.2) is 19.3 Å². The number of imidazole rings is 1. The zero-order valence-electron chi connectivity index (χ0n) is 10.9. The molecule has 0 fully saturated rings. The molecule has 3 aromatic rings. The van der Waals surface area contributed by atoms with Crippen molar-refractivity contribution in [3.8, 4) is 0 Å². The summed E-state index contributed by atoms with van der Waals surface area (Å²) >= 11 is 11.2. The molecule has 2 heterocycles. The standard InChI is InChI=1S/C13H12ClFN4S/c1-7-8(5-16-18(7)2)6-19-12-3-9(14)10(15)4-11(12)17-13(19)20/h3-5H,6H2,1-2H3,(H,17,20). The number of hydrogen-bond acceptors (Lipinski definition) is 2. The lowest BCUT2D eigenvalue weighted by Gasteiger charge is -2.05. The van der Waals surface area contributed by atoms with Crippen LogP contribution in [0.25, 0.3) is 11.0 Å². The van der Waals surface area contributed by atoms with Crippen molar-refractivity contribution in [1.29, 1.82) is 0 Å². The number of fused-ring (bicyclic) bond motifs is 1. The predicted molar refractivity (Wildman–Crippen MR) is 79.1 cm³/mol. The van der Waals surface area contributed by atoms with Crippen molar-refractivity contribution in [2.24, 2.45) is 7.05 Å². The fraction of sp³-hybridized carbons (Fsp3) is 0.231. The summed E-state index contributed by atoms with van der Waals surface area (Å²) in [7, 11) is 1.89. The highest BCUT2D eigenvalue weighted by atomic mass is 35.5. The lowest BCUT2D eigenvalue weighted by Crippen LogP contribution is -2.01. The molecule has 104 valence electrons. The van der Waals surface area contributed by atoms with E-state index in [9.17, 15) is 4.39 Å². The van der Waals surface area contributed by atoms with Crippen molar-refractivity contribution in [2.75, 3.05) is 0 Å². The Balaban J connectivity index is 2.16. The van der Waals surface area contributed by atoms with Crippen LogP contribution < -0.4 is 0 Å². The Morgan fingerprint density at radius 3 is 2.85 bits per heavy atom. The summed E-state index contributed by atoms with van der Waals surface area (Å²) in [5.41, 5.74) is 3.54. The number of nitrogens with one attached hydrogen (secondary N) is 1. The Labute approximate surface area is 124 Å². The van der Waals surface area contributed by atoms with Crippen molar-refractivity contribution < 1.29 is 4.39 Å². The Bertz CT molecular complexity index is 861. The fourth-order valence-electron chi connectivity index (χ4n) is 2.18. The number of nitrogens with zero attached hydrogens (tertiary/aromatic N) is 3. The lowest BCUT2D eigenvalue weighted by atomic mass is 10.2. The Morgan fingerprint density at radius 2 is 2.20 bits per heavy atom. The molecule has 0 aliphatic carbocycles. The highest BCUT2D eigenvalue weighted by Gasteiger charge is 2.11. The normalized spacial score (nSPS) is 11.4. The van der Waals surface area contributed by atoms with E-state index < -0.39 is 5.82 Å². The molecule has 1 aromatic carbocycles. The molecule has 0 radical (unpaired) electrons. The van der Waals surface area contributed by atoms with Gasteiger partial charge in [-0.3, -0.25) is 4.68 Å². The monoisotopic (exact) mass is 310 g/mol. The van der Waals surface area contributed by atoms with Crippen LogP contribution in [0.15, 0.2) is 18.3 Å². The van der Waals surface area contributed by atoms with Gasteiger partial charge >= 0.3 is 0 Å². The Kier molecular flexibility index (Phi) is 3.14. The van der Waals surface area contributed by atoms with Crippen LogP contribution in [0.3, 0.4) is 0 Å². The first kappa shape index (κ1) is 13.3. The van der Waals surface area contributed by atoms with Crippen molar-refractivity contribution in [3.63, 3.8) is 0 Å². The zero-order valence-corrected chi connectivity index (χ0v) is 12.5. The number of halogens is 2. The highest BCUT2D eigenvalue weighted by molar-refractivity contribution is 7.71. The molecule has 20 heavy (non-hydrogen) atoms. The van der Waals surface area contributed by atoms with Crippen molar-refractivity contribution in [1.82, 2.24) is 19.3 Å². The summed E-state index contributed by atoms with van der Waals surface area (Å²) in [6.07, 6.45) is 1.81. The molecule has 0 saturated carbocycles. The maximum atomic E-state index is 13.5. The maximum Gasteiger partial charge on any atom is 0.178 e. The molecule has 3 rings (SSSR count). The summed E-state index contributed by atoms with van der Waals surface area (Å²) in [5.74, 6) is -0.458. The fourth-order valence-corrected chi connectivity index (χ4v) is 2.61. The first-order chi connectivity index (χ1) is 9.47. The highest BCUT2D eigenvalue weighted by Crippen LogP contribution is 2.24. The minimum Gasteiger partial charge on any atom is -0.330 e. The van der Waals surface area contributed by atoms with Gasteiger partial charge in [0, 0.05) is 24.4 Å². The summed E-state index contributed by atoms with van der Waals surface area (Å²) < 4.78 is 17.7. The third-order valence-electron chi connectivity index (χ3n) is 3.48. The van der Waals surface area contributed by atoms with Crippen LogP contribution in [0, 0.1) is 17.5 Å².